The van der Waals surface area contributed by atoms with Crippen molar-refractivity contribution in [2.45, 2.75) is 0 Å². The van der Waals surface area contributed by atoms with Crippen LogP contribution in [0.15, 0.2) is 95.7 Å². The van der Waals surface area contributed by atoms with Crippen LogP contribution < -0.4 is 0 Å². The van der Waals surface area contributed by atoms with Crippen LogP contribution in [0.4, 0.5) is 0 Å². The fourth-order valence-corrected chi connectivity index (χ4v) is 4.70. The number of hydrogen-bond acceptors (Lipinski definition) is 3. The van der Waals surface area contributed by atoms with Gasteiger partial charge in [0.15, 0.2) is 0 Å². The first-order chi connectivity index (χ1) is 14.9. The van der Waals surface area contributed by atoms with Crippen molar-refractivity contribution in [3.05, 3.63) is 91.3 Å². The van der Waals surface area contributed by atoms with Gasteiger partial charge in [0.25, 0.3) is 0 Å². The fraction of sp³-hybridized carbons (Fsp3) is 0. The number of nitrogens with zero attached hydrogens (tertiary/aromatic N) is 3. The Morgan fingerprint density at radius 1 is 0.600 bits per heavy atom. The summed E-state index contributed by atoms with van der Waals surface area (Å²) in [7, 11) is 0. The highest BCUT2D eigenvalue weighted by Crippen LogP contribution is 2.44. The Morgan fingerprint density at radius 2 is 1.33 bits per heavy atom. The summed E-state index contributed by atoms with van der Waals surface area (Å²) in [6, 6.07) is 26.8. The van der Waals surface area contributed by atoms with E-state index in [1.165, 1.54) is 5.39 Å². The molecule has 0 fully saturated rings. The van der Waals surface area contributed by atoms with E-state index in [4.69, 9.17) is 9.40 Å². The van der Waals surface area contributed by atoms with E-state index < -0.39 is 0 Å². The highest BCUT2D eigenvalue weighted by Gasteiger charge is 2.23. The Bertz CT molecular complexity index is 1740. The predicted octanol–water partition coefficient (Wildman–Crippen LogP) is 6.63. The summed E-state index contributed by atoms with van der Waals surface area (Å²) in [5.74, 6) is 0.845. The molecule has 0 N–H and O–H groups in total. The largest absolute Gasteiger partial charge is 0.455 e. The van der Waals surface area contributed by atoms with Crippen molar-refractivity contribution in [2.75, 3.05) is 0 Å². The van der Waals surface area contributed by atoms with Crippen molar-refractivity contribution in [2.24, 2.45) is 0 Å². The third-order valence-corrected chi connectivity index (χ3v) is 5.88. The third kappa shape index (κ3) is 1.90. The average Bonchev–Trinajstić information content (AvgIpc) is 3.36. The Kier molecular flexibility index (Phi) is 2.97. The van der Waals surface area contributed by atoms with Crippen LogP contribution in [0.3, 0.4) is 0 Å². The number of hydrogen-bond donors (Lipinski definition) is 0. The molecule has 4 heteroatoms. The molecular formula is C26H15N3O. The Labute approximate surface area is 171 Å². The summed E-state index contributed by atoms with van der Waals surface area (Å²) >= 11 is 0. The SMILES string of the molecule is c1ccc(-n2c3ncccc3c3c4ccccc4c4oc5ccccc5c4c32)nc1. The molecule has 0 unspecified atom stereocenters. The van der Waals surface area contributed by atoms with E-state index in [1.54, 1.807) is 0 Å². The van der Waals surface area contributed by atoms with Gasteiger partial charge < -0.3 is 4.42 Å². The fourth-order valence-electron chi connectivity index (χ4n) is 4.70. The van der Waals surface area contributed by atoms with Gasteiger partial charge in [0.1, 0.15) is 22.6 Å². The lowest BCUT2D eigenvalue weighted by Crippen LogP contribution is -1.98. The van der Waals surface area contributed by atoms with Gasteiger partial charge in [-0.15, -0.1) is 0 Å². The van der Waals surface area contributed by atoms with Crippen LogP contribution in [0.25, 0.3) is 60.5 Å². The minimum Gasteiger partial charge on any atom is -0.455 e. The molecule has 0 aliphatic heterocycles. The normalized spacial score (nSPS) is 12.0. The molecule has 140 valence electrons. The Balaban J connectivity index is 1.91. The lowest BCUT2D eigenvalue weighted by Gasteiger charge is -2.08. The minimum atomic E-state index is 0.845. The summed E-state index contributed by atoms with van der Waals surface area (Å²) in [5.41, 5.74) is 3.77. The zero-order valence-electron chi connectivity index (χ0n) is 15.9. The quantitative estimate of drug-likeness (QED) is 0.319. The van der Waals surface area contributed by atoms with Crippen LogP contribution >= 0.6 is 0 Å². The highest BCUT2D eigenvalue weighted by molar-refractivity contribution is 6.34. The van der Waals surface area contributed by atoms with Gasteiger partial charge in [0.05, 0.1) is 10.9 Å². The molecule has 0 saturated carbocycles. The molecule has 0 atom stereocenters. The predicted molar refractivity (Wildman–Crippen MR) is 121 cm³/mol. The van der Waals surface area contributed by atoms with E-state index in [0.717, 1.165) is 55.1 Å². The summed E-state index contributed by atoms with van der Waals surface area (Å²) in [4.78, 5) is 9.43. The van der Waals surface area contributed by atoms with Gasteiger partial charge in [-0.05, 0) is 35.7 Å². The van der Waals surface area contributed by atoms with Crippen molar-refractivity contribution < 1.29 is 4.42 Å². The van der Waals surface area contributed by atoms with Gasteiger partial charge in [0.2, 0.25) is 0 Å². The monoisotopic (exact) mass is 385 g/mol. The van der Waals surface area contributed by atoms with Gasteiger partial charge in [-0.25, -0.2) is 9.97 Å². The smallest absolute Gasteiger partial charge is 0.146 e. The number of fused-ring (bicyclic) bond motifs is 10. The molecule has 4 heterocycles. The molecule has 7 aromatic rings. The Morgan fingerprint density at radius 3 is 2.20 bits per heavy atom. The molecule has 0 saturated heterocycles. The Hall–Kier alpha value is -4.18. The molecule has 0 aliphatic carbocycles. The van der Waals surface area contributed by atoms with Gasteiger partial charge in [0, 0.05) is 33.9 Å². The van der Waals surface area contributed by atoms with Crippen molar-refractivity contribution in [3.8, 4) is 5.82 Å². The van der Waals surface area contributed by atoms with Crippen LogP contribution in [0.2, 0.25) is 0 Å². The van der Waals surface area contributed by atoms with E-state index >= 15 is 0 Å². The first-order valence-corrected chi connectivity index (χ1v) is 9.94. The van der Waals surface area contributed by atoms with Crippen molar-refractivity contribution >= 4 is 54.6 Å². The zero-order chi connectivity index (χ0) is 19.7. The number of pyridine rings is 2. The van der Waals surface area contributed by atoms with Gasteiger partial charge in [-0.2, -0.15) is 0 Å². The lowest BCUT2D eigenvalue weighted by atomic mass is 10.00. The van der Waals surface area contributed by atoms with Crippen molar-refractivity contribution in [3.63, 3.8) is 0 Å². The number of benzene rings is 3. The standard InChI is InChI=1S/C26H15N3O/c1-2-9-17-16(8-1)22-19-11-7-15-28-26(19)29(21-13-5-6-14-27-21)24(22)23-18-10-3-4-12-20(18)30-25(17)23/h1-15H. The maximum Gasteiger partial charge on any atom is 0.146 e. The molecule has 4 aromatic heterocycles. The second-order valence-electron chi connectivity index (χ2n) is 7.47. The summed E-state index contributed by atoms with van der Waals surface area (Å²) in [6.45, 7) is 0. The van der Waals surface area contributed by atoms with Crippen molar-refractivity contribution in [1.29, 1.82) is 0 Å². The molecule has 0 radical (unpaired) electrons. The number of para-hydroxylation sites is 1. The molecule has 0 aliphatic rings. The number of rotatable bonds is 1. The van der Waals surface area contributed by atoms with E-state index in [2.05, 4.69) is 52.0 Å². The molecule has 30 heavy (non-hydrogen) atoms. The molecule has 4 nitrogen and oxygen atoms in total. The highest BCUT2D eigenvalue weighted by atomic mass is 16.3. The van der Waals surface area contributed by atoms with E-state index in [-0.39, 0.29) is 0 Å². The van der Waals surface area contributed by atoms with E-state index in [1.807, 2.05) is 48.8 Å². The van der Waals surface area contributed by atoms with E-state index in [0.29, 0.717) is 0 Å². The molecule has 3 aromatic carbocycles. The average molecular weight is 385 g/mol. The minimum absolute atomic E-state index is 0.845. The van der Waals surface area contributed by atoms with Gasteiger partial charge >= 0.3 is 0 Å². The van der Waals surface area contributed by atoms with Gasteiger partial charge in [-0.3, -0.25) is 4.57 Å². The first-order valence-electron chi connectivity index (χ1n) is 9.94. The number of aromatic nitrogens is 3. The molecule has 0 bridgehead atoms. The number of furan rings is 1. The van der Waals surface area contributed by atoms with Crippen LogP contribution in [-0.2, 0) is 0 Å². The second kappa shape index (κ2) is 5.67. The van der Waals surface area contributed by atoms with E-state index in [9.17, 15) is 0 Å². The first kappa shape index (κ1) is 15.7. The van der Waals surface area contributed by atoms with Crippen LogP contribution in [0.1, 0.15) is 0 Å². The summed E-state index contributed by atoms with van der Waals surface area (Å²) in [5, 5.41) is 6.76. The third-order valence-electron chi connectivity index (χ3n) is 5.88. The van der Waals surface area contributed by atoms with Crippen LogP contribution in [0.5, 0.6) is 0 Å². The molecule has 0 spiro atoms. The lowest BCUT2D eigenvalue weighted by molar-refractivity contribution is 0.673. The second-order valence-corrected chi connectivity index (χ2v) is 7.47. The maximum absolute atomic E-state index is 6.41. The summed E-state index contributed by atoms with van der Waals surface area (Å²) in [6.07, 6.45) is 3.66. The zero-order valence-corrected chi connectivity index (χ0v) is 15.9. The molecule has 7 rings (SSSR count). The van der Waals surface area contributed by atoms with Crippen LogP contribution in [0, 0.1) is 0 Å². The van der Waals surface area contributed by atoms with Crippen LogP contribution in [-0.4, -0.2) is 14.5 Å². The summed E-state index contributed by atoms with van der Waals surface area (Å²) < 4.78 is 8.57. The van der Waals surface area contributed by atoms with Crippen molar-refractivity contribution in [1.82, 2.24) is 14.5 Å². The topological polar surface area (TPSA) is 43.9 Å². The van der Waals surface area contributed by atoms with Gasteiger partial charge in [-0.1, -0.05) is 48.5 Å². The molecular weight excluding hydrogens is 370 g/mol. The molecule has 0 amide bonds. The maximum atomic E-state index is 6.41.